The molecule has 1 aliphatic rings. The zero-order chi connectivity index (χ0) is 24.5. The van der Waals surface area contributed by atoms with E-state index in [4.69, 9.17) is 5.21 Å². The predicted octanol–water partition coefficient (Wildman–Crippen LogP) is 4.42. The highest BCUT2D eigenvalue weighted by atomic mass is 16.5. The van der Waals surface area contributed by atoms with Gasteiger partial charge in [0.05, 0.1) is 0 Å². The van der Waals surface area contributed by atoms with Crippen molar-refractivity contribution < 1.29 is 14.8 Å². The molecule has 0 bridgehead atoms. The molecule has 1 fully saturated rings. The standard InChI is InChI=1S/C29H29N3O3/c33-28(15-13-23-7-6-8-24(21-23)14-16-29(34)30-35)27-12-5-4-9-25(27)22-31-17-19-32(20-18-31)26-10-2-1-3-11-26/h1-16,21,35H,17-20,22H2,(H,30,34)/b15-13+,16-14+. The predicted molar refractivity (Wildman–Crippen MR) is 139 cm³/mol. The Kier molecular flexibility index (Phi) is 8.22. The van der Waals surface area contributed by atoms with Crippen LogP contribution in [0.4, 0.5) is 5.69 Å². The van der Waals surface area contributed by atoms with Crippen molar-refractivity contribution in [2.45, 2.75) is 6.54 Å². The molecular formula is C29H29N3O3. The lowest BCUT2D eigenvalue weighted by Crippen LogP contribution is -2.46. The van der Waals surface area contributed by atoms with Crippen LogP contribution in [0.2, 0.25) is 0 Å². The second-order valence-corrected chi connectivity index (χ2v) is 8.43. The van der Waals surface area contributed by atoms with Gasteiger partial charge in [-0.1, -0.05) is 66.7 Å². The van der Waals surface area contributed by atoms with Crippen LogP contribution in [0.3, 0.4) is 0 Å². The van der Waals surface area contributed by atoms with E-state index in [1.807, 2.05) is 54.6 Å². The number of hydrogen-bond acceptors (Lipinski definition) is 5. The SMILES string of the molecule is O=C(/C=C/c1cccc(/C=C/C(=O)c2ccccc2CN2CCN(c3ccccc3)CC2)c1)NO. The zero-order valence-corrected chi connectivity index (χ0v) is 19.5. The quantitative estimate of drug-likeness (QED) is 0.222. The number of nitrogens with one attached hydrogen (secondary N) is 1. The summed E-state index contributed by atoms with van der Waals surface area (Å²) in [5.41, 5.74) is 6.19. The topological polar surface area (TPSA) is 72.9 Å². The minimum atomic E-state index is -0.598. The molecule has 0 unspecified atom stereocenters. The first-order valence-corrected chi connectivity index (χ1v) is 11.7. The van der Waals surface area contributed by atoms with Gasteiger partial charge in [0.25, 0.3) is 5.91 Å². The summed E-state index contributed by atoms with van der Waals surface area (Å²) in [7, 11) is 0. The van der Waals surface area contributed by atoms with Gasteiger partial charge >= 0.3 is 0 Å². The number of piperazine rings is 1. The summed E-state index contributed by atoms with van der Waals surface area (Å²) in [5.74, 6) is -0.636. The third-order valence-electron chi connectivity index (χ3n) is 6.05. The first-order valence-electron chi connectivity index (χ1n) is 11.7. The molecule has 1 aliphatic heterocycles. The molecule has 6 nitrogen and oxygen atoms in total. The molecule has 0 atom stereocenters. The minimum Gasteiger partial charge on any atom is -0.369 e. The van der Waals surface area contributed by atoms with Crippen molar-refractivity contribution >= 4 is 29.5 Å². The third-order valence-corrected chi connectivity index (χ3v) is 6.05. The number of para-hydroxylation sites is 1. The molecule has 0 aliphatic carbocycles. The van der Waals surface area contributed by atoms with Crippen molar-refractivity contribution in [2.75, 3.05) is 31.1 Å². The first-order chi connectivity index (χ1) is 17.1. The molecule has 0 aromatic heterocycles. The number of nitrogens with zero attached hydrogens (tertiary/aromatic N) is 2. The number of hydrogen-bond donors (Lipinski definition) is 2. The summed E-state index contributed by atoms with van der Waals surface area (Å²) in [4.78, 5) is 29.0. The molecular weight excluding hydrogens is 438 g/mol. The second-order valence-electron chi connectivity index (χ2n) is 8.43. The van der Waals surface area contributed by atoms with Gasteiger partial charge in [-0.25, -0.2) is 5.48 Å². The number of amides is 1. The summed E-state index contributed by atoms with van der Waals surface area (Å²) in [5, 5.41) is 8.60. The second kappa shape index (κ2) is 11.9. The summed E-state index contributed by atoms with van der Waals surface area (Å²) in [6, 6.07) is 25.7. The van der Waals surface area contributed by atoms with E-state index >= 15 is 0 Å². The van der Waals surface area contributed by atoms with Crippen LogP contribution < -0.4 is 10.4 Å². The number of hydroxylamine groups is 1. The molecule has 35 heavy (non-hydrogen) atoms. The zero-order valence-electron chi connectivity index (χ0n) is 19.5. The number of allylic oxidation sites excluding steroid dienone is 1. The van der Waals surface area contributed by atoms with Gasteiger partial charge in [-0.05, 0) is 47.0 Å². The number of benzene rings is 3. The van der Waals surface area contributed by atoms with Crippen LogP contribution in [0.1, 0.15) is 27.0 Å². The van der Waals surface area contributed by atoms with Gasteiger partial charge in [-0.15, -0.1) is 0 Å². The maximum atomic E-state index is 13.0. The highest BCUT2D eigenvalue weighted by Crippen LogP contribution is 2.19. The van der Waals surface area contributed by atoms with E-state index in [9.17, 15) is 9.59 Å². The Hall–Kier alpha value is -4.00. The molecule has 1 heterocycles. The van der Waals surface area contributed by atoms with Crippen LogP contribution >= 0.6 is 0 Å². The normalized spacial score (nSPS) is 14.5. The Labute approximate surface area is 205 Å². The Morgan fingerprint density at radius 3 is 2.17 bits per heavy atom. The van der Waals surface area contributed by atoms with Crippen molar-refractivity contribution in [3.05, 3.63) is 113 Å². The van der Waals surface area contributed by atoms with E-state index in [0.29, 0.717) is 5.56 Å². The molecule has 0 spiro atoms. The molecule has 178 valence electrons. The van der Waals surface area contributed by atoms with Crippen LogP contribution in [-0.2, 0) is 11.3 Å². The third kappa shape index (κ3) is 6.76. The van der Waals surface area contributed by atoms with E-state index in [-0.39, 0.29) is 5.78 Å². The molecule has 0 saturated carbocycles. The molecule has 0 radical (unpaired) electrons. The average Bonchev–Trinajstić information content (AvgIpc) is 2.92. The van der Waals surface area contributed by atoms with Crippen LogP contribution in [0.15, 0.2) is 91.0 Å². The number of carbonyl (C=O) groups is 2. The summed E-state index contributed by atoms with van der Waals surface area (Å²) in [6.07, 6.45) is 6.21. The lowest BCUT2D eigenvalue weighted by molar-refractivity contribution is -0.124. The van der Waals surface area contributed by atoms with Crippen LogP contribution in [0.25, 0.3) is 12.2 Å². The van der Waals surface area contributed by atoms with Gasteiger partial charge in [-0.3, -0.25) is 19.7 Å². The molecule has 2 N–H and O–H groups in total. The Morgan fingerprint density at radius 1 is 0.800 bits per heavy atom. The summed E-state index contributed by atoms with van der Waals surface area (Å²) < 4.78 is 0. The molecule has 3 aromatic rings. The molecule has 6 heteroatoms. The van der Waals surface area contributed by atoms with E-state index in [2.05, 4.69) is 34.1 Å². The van der Waals surface area contributed by atoms with Crippen molar-refractivity contribution in [3.63, 3.8) is 0 Å². The average molecular weight is 468 g/mol. The van der Waals surface area contributed by atoms with Crippen LogP contribution in [0.5, 0.6) is 0 Å². The van der Waals surface area contributed by atoms with Gasteiger partial charge in [0, 0.05) is 50.1 Å². The summed E-state index contributed by atoms with van der Waals surface area (Å²) >= 11 is 0. The molecule has 3 aromatic carbocycles. The van der Waals surface area contributed by atoms with E-state index in [0.717, 1.165) is 49.4 Å². The van der Waals surface area contributed by atoms with Crippen LogP contribution in [-0.4, -0.2) is 48.0 Å². The van der Waals surface area contributed by atoms with Gasteiger partial charge in [0.2, 0.25) is 0 Å². The maximum absolute atomic E-state index is 13.0. The largest absolute Gasteiger partial charge is 0.369 e. The Balaban J connectivity index is 1.39. The highest BCUT2D eigenvalue weighted by molar-refractivity contribution is 6.07. The van der Waals surface area contributed by atoms with Crippen molar-refractivity contribution in [1.29, 1.82) is 0 Å². The first kappa shape index (κ1) is 24.1. The fourth-order valence-corrected chi connectivity index (χ4v) is 4.18. The smallest absolute Gasteiger partial charge is 0.267 e. The maximum Gasteiger partial charge on any atom is 0.267 e. The lowest BCUT2D eigenvalue weighted by Gasteiger charge is -2.36. The van der Waals surface area contributed by atoms with E-state index < -0.39 is 5.91 Å². The molecule has 1 saturated heterocycles. The Bertz CT molecular complexity index is 1210. The number of ketones is 1. The number of rotatable bonds is 8. The van der Waals surface area contributed by atoms with Gasteiger partial charge < -0.3 is 4.90 Å². The molecule has 4 rings (SSSR count). The molecule has 1 amide bonds. The van der Waals surface area contributed by atoms with Gasteiger partial charge in [0.15, 0.2) is 5.78 Å². The van der Waals surface area contributed by atoms with Gasteiger partial charge in [-0.2, -0.15) is 0 Å². The fourth-order valence-electron chi connectivity index (χ4n) is 4.18. The van der Waals surface area contributed by atoms with Crippen molar-refractivity contribution in [1.82, 2.24) is 10.4 Å². The lowest BCUT2D eigenvalue weighted by atomic mass is 10.0. The monoisotopic (exact) mass is 467 g/mol. The number of carbonyl (C=O) groups excluding carboxylic acids is 2. The van der Waals surface area contributed by atoms with E-state index in [1.165, 1.54) is 11.8 Å². The number of anilines is 1. The minimum absolute atomic E-state index is 0.0378. The summed E-state index contributed by atoms with van der Waals surface area (Å²) in [6.45, 7) is 4.56. The van der Waals surface area contributed by atoms with Crippen molar-refractivity contribution in [2.24, 2.45) is 0 Å². The highest BCUT2D eigenvalue weighted by Gasteiger charge is 2.19. The van der Waals surface area contributed by atoms with Crippen LogP contribution in [0, 0.1) is 0 Å². The van der Waals surface area contributed by atoms with Crippen molar-refractivity contribution in [3.8, 4) is 0 Å². The fraction of sp³-hybridized carbons (Fsp3) is 0.172. The Morgan fingerprint density at radius 2 is 1.46 bits per heavy atom. The van der Waals surface area contributed by atoms with Gasteiger partial charge in [0.1, 0.15) is 0 Å². The van der Waals surface area contributed by atoms with E-state index in [1.54, 1.807) is 23.7 Å².